The lowest BCUT2D eigenvalue weighted by atomic mass is 9.95. The molecule has 1 fully saturated rings. The molecule has 1 aliphatic heterocycles. The summed E-state index contributed by atoms with van der Waals surface area (Å²) in [4.78, 5) is 25.8. The first-order chi connectivity index (χ1) is 9.22. The summed E-state index contributed by atoms with van der Waals surface area (Å²) in [5.41, 5.74) is 1.24. The highest BCUT2D eigenvalue weighted by atomic mass is 16.5. The molecule has 1 atom stereocenters. The van der Waals surface area contributed by atoms with Crippen molar-refractivity contribution in [2.24, 2.45) is 0 Å². The fourth-order valence-electron chi connectivity index (χ4n) is 2.97. The monoisotopic (exact) mass is 265 g/mol. The number of allylic oxidation sites excluding steroid dienone is 1. The zero-order valence-corrected chi connectivity index (χ0v) is 11.7. The first kappa shape index (κ1) is 14.1. The fourth-order valence-corrected chi connectivity index (χ4v) is 2.97. The van der Waals surface area contributed by atoms with E-state index in [2.05, 4.69) is 6.08 Å². The molecule has 0 N–H and O–H groups in total. The first-order valence-electron chi connectivity index (χ1n) is 7.27. The van der Waals surface area contributed by atoms with Gasteiger partial charge in [0.2, 0.25) is 5.91 Å². The van der Waals surface area contributed by atoms with Crippen molar-refractivity contribution in [1.29, 1.82) is 0 Å². The predicted octanol–water partition coefficient (Wildman–Crippen LogP) is 2.43. The van der Waals surface area contributed by atoms with E-state index in [-0.39, 0.29) is 17.9 Å². The average Bonchev–Trinajstić information content (AvgIpc) is 2.47. The third kappa shape index (κ3) is 3.58. The summed E-state index contributed by atoms with van der Waals surface area (Å²) in [7, 11) is 1.39. The van der Waals surface area contributed by atoms with Gasteiger partial charge in [0, 0.05) is 13.0 Å². The molecule has 2 aliphatic rings. The maximum Gasteiger partial charge on any atom is 0.328 e. The van der Waals surface area contributed by atoms with Gasteiger partial charge in [-0.1, -0.05) is 11.6 Å². The van der Waals surface area contributed by atoms with Crippen LogP contribution in [-0.2, 0) is 14.3 Å². The maximum absolute atomic E-state index is 12.4. The minimum atomic E-state index is -0.365. The number of amides is 1. The Labute approximate surface area is 114 Å². The molecule has 1 saturated heterocycles. The molecule has 4 heteroatoms. The lowest BCUT2D eigenvalue weighted by molar-refractivity contribution is -0.154. The second kappa shape index (κ2) is 6.73. The number of hydrogen-bond donors (Lipinski definition) is 0. The number of carbonyl (C=O) groups is 2. The number of rotatable bonds is 3. The highest BCUT2D eigenvalue weighted by Gasteiger charge is 2.32. The van der Waals surface area contributed by atoms with Crippen molar-refractivity contribution in [3.63, 3.8) is 0 Å². The van der Waals surface area contributed by atoms with Crippen molar-refractivity contribution in [2.75, 3.05) is 13.7 Å². The van der Waals surface area contributed by atoms with E-state index in [1.807, 2.05) is 0 Å². The zero-order chi connectivity index (χ0) is 13.7. The minimum Gasteiger partial charge on any atom is -0.467 e. The molecule has 2 rings (SSSR count). The molecule has 0 bridgehead atoms. The Kier molecular flexibility index (Phi) is 5.00. The molecule has 1 amide bonds. The van der Waals surface area contributed by atoms with Crippen LogP contribution in [0.5, 0.6) is 0 Å². The Morgan fingerprint density at radius 3 is 2.84 bits per heavy atom. The van der Waals surface area contributed by atoms with E-state index in [1.165, 1.54) is 25.5 Å². The Hall–Kier alpha value is -1.32. The summed E-state index contributed by atoms with van der Waals surface area (Å²) in [6, 6.07) is -0.365. The quantitative estimate of drug-likeness (QED) is 0.581. The van der Waals surface area contributed by atoms with Gasteiger partial charge in [-0.15, -0.1) is 0 Å². The van der Waals surface area contributed by atoms with Crippen molar-refractivity contribution >= 4 is 11.9 Å². The number of hydrogen-bond acceptors (Lipinski definition) is 3. The highest BCUT2D eigenvalue weighted by molar-refractivity contribution is 5.86. The molecular formula is C15H23NO3. The Bertz CT molecular complexity index is 376. The predicted molar refractivity (Wildman–Crippen MR) is 72.5 cm³/mol. The normalized spacial score (nSPS) is 23.7. The van der Waals surface area contributed by atoms with Gasteiger partial charge in [-0.25, -0.2) is 4.79 Å². The van der Waals surface area contributed by atoms with Gasteiger partial charge in [-0.05, 0) is 44.9 Å². The van der Waals surface area contributed by atoms with Crippen LogP contribution < -0.4 is 0 Å². The molecule has 0 radical (unpaired) electrons. The largest absolute Gasteiger partial charge is 0.467 e. The fraction of sp³-hybridized carbons (Fsp3) is 0.733. The Morgan fingerprint density at radius 1 is 1.32 bits per heavy atom. The second-order valence-corrected chi connectivity index (χ2v) is 5.41. The molecule has 1 aliphatic carbocycles. The summed E-state index contributed by atoms with van der Waals surface area (Å²) in [6.45, 7) is 0.686. The van der Waals surface area contributed by atoms with Crippen molar-refractivity contribution in [1.82, 2.24) is 4.90 Å². The third-order valence-electron chi connectivity index (χ3n) is 4.06. The van der Waals surface area contributed by atoms with Gasteiger partial charge in [-0.2, -0.15) is 0 Å². The lowest BCUT2D eigenvalue weighted by Gasteiger charge is -2.34. The van der Waals surface area contributed by atoms with Gasteiger partial charge in [0.25, 0.3) is 0 Å². The maximum atomic E-state index is 12.4. The van der Waals surface area contributed by atoms with E-state index in [0.29, 0.717) is 13.0 Å². The number of ether oxygens (including phenoxy) is 1. The van der Waals surface area contributed by atoms with Gasteiger partial charge in [0.05, 0.1) is 7.11 Å². The molecule has 19 heavy (non-hydrogen) atoms. The van der Waals surface area contributed by atoms with Crippen molar-refractivity contribution in [3.8, 4) is 0 Å². The first-order valence-corrected chi connectivity index (χ1v) is 7.27. The van der Waals surface area contributed by atoms with Gasteiger partial charge in [0.1, 0.15) is 6.04 Å². The average molecular weight is 265 g/mol. The van der Waals surface area contributed by atoms with Gasteiger partial charge in [0.15, 0.2) is 0 Å². The molecule has 1 heterocycles. The standard InChI is InChI=1S/C15H23NO3/c1-19-15(18)13-9-5-6-10-16(13)14(17)11-12-7-3-2-4-8-12/h7,13H,2-6,8-11H2,1H3/t13-/m1/s1. The molecule has 106 valence electrons. The van der Waals surface area contributed by atoms with E-state index in [0.717, 1.165) is 32.1 Å². The molecule has 0 aromatic heterocycles. The van der Waals surface area contributed by atoms with Crippen LogP contribution in [0.4, 0.5) is 0 Å². The zero-order valence-electron chi connectivity index (χ0n) is 11.7. The lowest BCUT2D eigenvalue weighted by Crippen LogP contribution is -2.48. The smallest absolute Gasteiger partial charge is 0.328 e. The number of nitrogens with zero attached hydrogens (tertiary/aromatic N) is 1. The van der Waals surface area contributed by atoms with Gasteiger partial charge < -0.3 is 9.64 Å². The Balaban J connectivity index is 1.98. The van der Waals surface area contributed by atoms with Crippen LogP contribution in [0, 0.1) is 0 Å². The number of piperidine rings is 1. The van der Waals surface area contributed by atoms with E-state index < -0.39 is 0 Å². The Morgan fingerprint density at radius 2 is 2.16 bits per heavy atom. The third-order valence-corrected chi connectivity index (χ3v) is 4.06. The summed E-state index contributed by atoms with van der Waals surface area (Å²) >= 11 is 0. The molecular weight excluding hydrogens is 242 g/mol. The van der Waals surface area contributed by atoms with Gasteiger partial charge in [-0.3, -0.25) is 4.79 Å². The second-order valence-electron chi connectivity index (χ2n) is 5.41. The molecule has 0 unspecified atom stereocenters. The van der Waals surface area contributed by atoms with Crippen LogP contribution in [0.1, 0.15) is 51.4 Å². The van der Waals surface area contributed by atoms with Crippen molar-refractivity contribution in [2.45, 2.75) is 57.4 Å². The van der Waals surface area contributed by atoms with Crippen LogP contribution in [0.15, 0.2) is 11.6 Å². The molecule has 0 aromatic rings. The number of likely N-dealkylation sites (tertiary alicyclic amines) is 1. The minimum absolute atomic E-state index is 0.0863. The molecule has 0 saturated carbocycles. The summed E-state index contributed by atoms with van der Waals surface area (Å²) in [6.07, 6.45) is 9.91. The highest BCUT2D eigenvalue weighted by Crippen LogP contribution is 2.24. The van der Waals surface area contributed by atoms with Crippen LogP contribution in [0.3, 0.4) is 0 Å². The summed E-state index contributed by atoms with van der Waals surface area (Å²) in [5, 5.41) is 0. The van der Waals surface area contributed by atoms with Crippen molar-refractivity contribution in [3.05, 3.63) is 11.6 Å². The van der Waals surface area contributed by atoms with E-state index in [4.69, 9.17) is 4.74 Å². The summed E-state index contributed by atoms with van der Waals surface area (Å²) < 4.78 is 4.81. The number of methoxy groups -OCH3 is 1. The van der Waals surface area contributed by atoms with E-state index in [9.17, 15) is 9.59 Å². The van der Waals surface area contributed by atoms with Crippen molar-refractivity contribution < 1.29 is 14.3 Å². The summed E-state index contributed by atoms with van der Waals surface area (Å²) in [5.74, 6) is -0.186. The van der Waals surface area contributed by atoms with Gasteiger partial charge >= 0.3 is 5.97 Å². The molecule has 0 aromatic carbocycles. The van der Waals surface area contributed by atoms with Crippen LogP contribution >= 0.6 is 0 Å². The van der Waals surface area contributed by atoms with Crippen LogP contribution in [-0.4, -0.2) is 36.5 Å². The molecule has 4 nitrogen and oxygen atoms in total. The van der Waals surface area contributed by atoms with E-state index >= 15 is 0 Å². The van der Waals surface area contributed by atoms with Crippen LogP contribution in [0.2, 0.25) is 0 Å². The SMILES string of the molecule is COC(=O)[C@H]1CCCCN1C(=O)CC1=CCCCC1. The van der Waals surface area contributed by atoms with E-state index in [1.54, 1.807) is 4.90 Å². The number of carbonyl (C=O) groups excluding carboxylic acids is 2. The topological polar surface area (TPSA) is 46.6 Å². The number of esters is 1. The van der Waals surface area contributed by atoms with Crippen LogP contribution in [0.25, 0.3) is 0 Å². The molecule has 0 spiro atoms.